The van der Waals surface area contributed by atoms with E-state index in [0.29, 0.717) is 11.3 Å². The van der Waals surface area contributed by atoms with Crippen molar-refractivity contribution < 1.29 is 22.7 Å². The zero-order valence-electron chi connectivity index (χ0n) is 26.1. The van der Waals surface area contributed by atoms with E-state index in [1.165, 1.54) is 35.2 Å². The maximum absolute atomic E-state index is 14.6. The summed E-state index contributed by atoms with van der Waals surface area (Å²) >= 11 is 12.5. The van der Waals surface area contributed by atoms with Crippen LogP contribution in [-0.4, -0.2) is 50.4 Å². The fourth-order valence-electron chi connectivity index (χ4n) is 4.86. The molecule has 0 unspecified atom stereocenters. The number of nitrogens with zero attached hydrogens (tertiary/aromatic N) is 2. The van der Waals surface area contributed by atoms with Gasteiger partial charge in [0.15, 0.2) is 0 Å². The minimum atomic E-state index is -4.27. The summed E-state index contributed by atoms with van der Waals surface area (Å²) in [5.74, 6) is -0.397. The van der Waals surface area contributed by atoms with Gasteiger partial charge >= 0.3 is 0 Å². The van der Waals surface area contributed by atoms with Crippen molar-refractivity contribution in [1.82, 2.24) is 10.2 Å². The molecule has 0 radical (unpaired) electrons. The molecule has 0 heterocycles. The number of carbonyl (C=O) groups excluding carboxylic acids is 2. The average Bonchev–Trinajstić information content (AvgIpc) is 3.03. The molecule has 0 bridgehead atoms. The number of hydrogen-bond acceptors (Lipinski definition) is 5. The molecule has 0 saturated heterocycles. The molecule has 1 atom stereocenters. The lowest BCUT2D eigenvalue weighted by molar-refractivity contribution is -0.140. The van der Waals surface area contributed by atoms with Gasteiger partial charge in [-0.05, 0) is 74.4 Å². The SMILES string of the molecule is COc1cccc(CN(C(=O)CN(c2ccc(Cl)c(Cl)c2)S(=O)(=O)c2ccccc2)[C@@H](Cc2ccccc2)C(=O)NC(C)(C)C)c1. The number of carbonyl (C=O) groups is 2. The number of sulfonamides is 1. The van der Waals surface area contributed by atoms with Crippen molar-refractivity contribution in [2.75, 3.05) is 18.0 Å². The number of hydrogen-bond donors (Lipinski definition) is 1. The first-order valence-corrected chi connectivity index (χ1v) is 16.8. The number of benzene rings is 4. The number of ether oxygens (including phenoxy) is 1. The Morgan fingerprint density at radius 2 is 1.46 bits per heavy atom. The van der Waals surface area contributed by atoms with Crippen LogP contribution in [0.25, 0.3) is 0 Å². The van der Waals surface area contributed by atoms with Crippen molar-refractivity contribution in [3.8, 4) is 5.75 Å². The van der Waals surface area contributed by atoms with Gasteiger partial charge in [-0.15, -0.1) is 0 Å². The predicted molar refractivity (Wildman–Crippen MR) is 183 cm³/mol. The molecular weight excluding hydrogens is 645 g/mol. The largest absolute Gasteiger partial charge is 0.497 e. The minimum absolute atomic E-state index is 0.00565. The molecule has 2 amide bonds. The molecule has 0 saturated carbocycles. The van der Waals surface area contributed by atoms with E-state index in [1.807, 2.05) is 57.2 Å². The molecule has 0 aromatic heterocycles. The van der Waals surface area contributed by atoms with Gasteiger partial charge in [0, 0.05) is 18.5 Å². The fourth-order valence-corrected chi connectivity index (χ4v) is 6.58. The lowest BCUT2D eigenvalue weighted by atomic mass is 10.0. The van der Waals surface area contributed by atoms with Crippen LogP contribution < -0.4 is 14.4 Å². The highest BCUT2D eigenvalue weighted by Gasteiger charge is 2.35. The van der Waals surface area contributed by atoms with Crippen molar-refractivity contribution in [2.24, 2.45) is 0 Å². The molecule has 46 heavy (non-hydrogen) atoms. The van der Waals surface area contributed by atoms with E-state index in [9.17, 15) is 18.0 Å². The Balaban J connectivity index is 1.84. The first-order valence-electron chi connectivity index (χ1n) is 14.6. The van der Waals surface area contributed by atoms with E-state index in [4.69, 9.17) is 27.9 Å². The first-order chi connectivity index (χ1) is 21.8. The Hall–Kier alpha value is -4.05. The van der Waals surface area contributed by atoms with Crippen LogP contribution in [0, 0.1) is 0 Å². The van der Waals surface area contributed by atoms with E-state index >= 15 is 0 Å². The molecule has 0 aliphatic heterocycles. The van der Waals surface area contributed by atoms with Crippen molar-refractivity contribution in [3.05, 3.63) is 124 Å². The van der Waals surface area contributed by atoms with E-state index in [-0.39, 0.29) is 39.5 Å². The summed E-state index contributed by atoms with van der Waals surface area (Å²) in [6.45, 7) is 4.96. The summed E-state index contributed by atoms with van der Waals surface area (Å²) in [6, 6.07) is 27.7. The van der Waals surface area contributed by atoms with Gasteiger partial charge in [0.2, 0.25) is 11.8 Å². The number of amides is 2. The average molecular weight is 683 g/mol. The monoisotopic (exact) mass is 681 g/mol. The van der Waals surface area contributed by atoms with Crippen molar-refractivity contribution in [3.63, 3.8) is 0 Å². The molecule has 4 rings (SSSR count). The van der Waals surface area contributed by atoms with E-state index in [1.54, 1.807) is 43.5 Å². The predicted octanol–water partition coefficient (Wildman–Crippen LogP) is 6.75. The van der Waals surface area contributed by atoms with Crippen LogP contribution in [0.4, 0.5) is 5.69 Å². The molecule has 4 aromatic carbocycles. The van der Waals surface area contributed by atoms with E-state index < -0.39 is 34.1 Å². The Labute approximate surface area is 280 Å². The topological polar surface area (TPSA) is 96.0 Å². The third-order valence-corrected chi connectivity index (χ3v) is 9.58. The smallest absolute Gasteiger partial charge is 0.264 e. The zero-order chi connectivity index (χ0) is 33.5. The molecule has 0 aliphatic carbocycles. The third-order valence-electron chi connectivity index (χ3n) is 7.06. The van der Waals surface area contributed by atoms with Crippen LogP contribution in [0.5, 0.6) is 5.75 Å². The molecule has 242 valence electrons. The Morgan fingerprint density at radius 3 is 2.07 bits per heavy atom. The van der Waals surface area contributed by atoms with Gasteiger partial charge in [0.05, 0.1) is 27.7 Å². The Morgan fingerprint density at radius 1 is 0.826 bits per heavy atom. The summed E-state index contributed by atoms with van der Waals surface area (Å²) in [7, 11) is -2.72. The van der Waals surface area contributed by atoms with E-state index in [0.717, 1.165) is 9.87 Å². The molecule has 1 N–H and O–H groups in total. The number of methoxy groups -OCH3 is 1. The van der Waals surface area contributed by atoms with Crippen molar-refractivity contribution in [1.29, 1.82) is 0 Å². The Kier molecular flexibility index (Phi) is 11.4. The fraction of sp³-hybridized carbons (Fsp3) is 0.257. The van der Waals surface area contributed by atoms with Gasteiger partial charge in [-0.2, -0.15) is 0 Å². The minimum Gasteiger partial charge on any atom is -0.497 e. The number of anilines is 1. The van der Waals surface area contributed by atoms with Crippen LogP contribution in [-0.2, 0) is 32.6 Å². The normalized spacial score (nSPS) is 12.2. The number of rotatable bonds is 12. The van der Waals surface area contributed by atoms with Gasteiger partial charge in [0.25, 0.3) is 10.0 Å². The van der Waals surface area contributed by atoms with E-state index in [2.05, 4.69) is 5.32 Å². The van der Waals surface area contributed by atoms with Crippen LogP contribution >= 0.6 is 23.2 Å². The van der Waals surface area contributed by atoms with Crippen molar-refractivity contribution in [2.45, 2.75) is 50.2 Å². The second-order valence-corrected chi connectivity index (χ2v) is 14.4. The van der Waals surface area contributed by atoms with Gasteiger partial charge < -0.3 is 15.0 Å². The summed E-state index contributed by atoms with van der Waals surface area (Å²) < 4.78 is 34.6. The van der Waals surface area contributed by atoms with Crippen LogP contribution in [0.1, 0.15) is 31.9 Å². The lowest BCUT2D eigenvalue weighted by Gasteiger charge is -2.35. The summed E-state index contributed by atoms with van der Waals surface area (Å²) in [4.78, 5) is 30.0. The highest BCUT2D eigenvalue weighted by Crippen LogP contribution is 2.31. The van der Waals surface area contributed by atoms with Crippen LogP contribution in [0.15, 0.2) is 108 Å². The quantitative estimate of drug-likeness (QED) is 0.178. The molecule has 8 nitrogen and oxygen atoms in total. The van der Waals surface area contributed by atoms with Crippen molar-refractivity contribution >= 4 is 50.7 Å². The molecule has 0 spiro atoms. The van der Waals surface area contributed by atoms with Crippen LogP contribution in [0.2, 0.25) is 10.0 Å². The summed E-state index contributed by atoms with van der Waals surface area (Å²) in [5, 5.41) is 3.37. The van der Waals surface area contributed by atoms with Gasteiger partial charge in [-0.25, -0.2) is 8.42 Å². The maximum atomic E-state index is 14.6. The zero-order valence-corrected chi connectivity index (χ0v) is 28.4. The Bertz CT molecular complexity index is 1760. The van der Waals surface area contributed by atoms with Crippen LogP contribution in [0.3, 0.4) is 0 Å². The third kappa shape index (κ3) is 9.02. The van der Waals surface area contributed by atoms with Gasteiger partial charge in [-0.3, -0.25) is 13.9 Å². The maximum Gasteiger partial charge on any atom is 0.264 e. The number of halogens is 2. The molecule has 0 fully saturated rings. The lowest BCUT2D eigenvalue weighted by Crippen LogP contribution is -2.56. The highest BCUT2D eigenvalue weighted by molar-refractivity contribution is 7.92. The second-order valence-electron chi connectivity index (χ2n) is 11.7. The molecular formula is C35H37Cl2N3O5S. The molecule has 4 aromatic rings. The summed E-state index contributed by atoms with van der Waals surface area (Å²) in [6.07, 6.45) is 0.191. The number of nitrogens with one attached hydrogen (secondary N) is 1. The highest BCUT2D eigenvalue weighted by atomic mass is 35.5. The van der Waals surface area contributed by atoms with Gasteiger partial charge in [-0.1, -0.05) is 83.9 Å². The second kappa shape index (κ2) is 15.0. The summed E-state index contributed by atoms with van der Waals surface area (Å²) in [5.41, 5.74) is 1.07. The molecule has 0 aliphatic rings. The standard InChI is InChI=1S/C35H37Cl2N3O5S/c1-35(2,3)38-34(42)32(21-25-12-7-5-8-13-25)39(23-26-14-11-15-28(20-26)45-4)33(41)24-40(27-18-19-30(36)31(37)22-27)46(43,44)29-16-9-6-10-17-29/h5-20,22,32H,21,23-24H2,1-4H3,(H,38,42)/t32-/m0/s1. The van der Waals surface area contributed by atoms with Gasteiger partial charge in [0.1, 0.15) is 18.3 Å². The first kappa shape index (κ1) is 34.8. The molecule has 11 heteroatoms.